The third-order valence-electron chi connectivity index (χ3n) is 10.8. The van der Waals surface area contributed by atoms with Crippen LogP contribution in [-0.2, 0) is 21.7 Å². The molecule has 6 rings (SSSR count). The molecule has 0 aromatic heterocycles. The van der Waals surface area contributed by atoms with E-state index in [2.05, 4.69) is 228 Å². The lowest BCUT2D eigenvalue weighted by atomic mass is 9.83. The summed E-state index contributed by atoms with van der Waals surface area (Å²) in [5.41, 5.74) is 15.9. The van der Waals surface area contributed by atoms with Crippen LogP contribution in [0.25, 0.3) is 22.3 Å². The monoisotopic (exact) mass is 760 g/mol. The van der Waals surface area contributed by atoms with Crippen molar-refractivity contribution in [2.75, 3.05) is 10.2 Å². The molecule has 0 saturated heterocycles. The zero-order valence-electron chi connectivity index (χ0n) is 35.9. The van der Waals surface area contributed by atoms with E-state index in [4.69, 9.17) is 11.6 Å². The molecular formula is C53H61ClN2. The Kier molecular flexibility index (Phi) is 11.1. The van der Waals surface area contributed by atoms with E-state index in [-0.39, 0.29) is 21.7 Å². The summed E-state index contributed by atoms with van der Waals surface area (Å²) in [4.78, 5) is 2.34. The van der Waals surface area contributed by atoms with Crippen LogP contribution in [-0.4, -0.2) is 0 Å². The topological polar surface area (TPSA) is 15.3 Å². The van der Waals surface area contributed by atoms with Gasteiger partial charge in [-0.15, -0.1) is 0 Å². The second kappa shape index (κ2) is 15.3. The first-order valence-electron chi connectivity index (χ1n) is 20.0. The molecule has 3 heteroatoms. The van der Waals surface area contributed by atoms with E-state index in [9.17, 15) is 0 Å². The van der Waals surface area contributed by atoms with Gasteiger partial charge in [0.15, 0.2) is 0 Å². The van der Waals surface area contributed by atoms with E-state index >= 15 is 0 Å². The van der Waals surface area contributed by atoms with Gasteiger partial charge in [-0.3, -0.25) is 0 Å². The quantitative estimate of drug-likeness (QED) is 0.174. The standard InChI is InChI=1S/C53H61ClN2/c1-35-31-46(55-45-29-25-40(52(8,9)10)33-43(45)37-19-21-38(22-20-37)50(2,3)4)49(54)48(32-35)56(42-27-23-39(24-28-42)51(5,6)7)47-30-26-41(53(11,12)13)34-44(47)36-17-15-14-16-18-36/h14-34,55H,1-13H3. The van der Waals surface area contributed by atoms with Gasteiger partial charge in [0.2, 0.25) is 0 Å². The summed E-state index contributed by atoms with van der Waals surface area (Å²) in [6.45, 7) is 29.3. The van der Waals surface area contributed by atoms with Crippen LogP contribution in [0.15, 0.2) is 127 Å². The zero-order valence-corrected chi connectivity index (χ0v) is 36.7. The number of rotatable bonds is 7. The highest BCUT2D eigenvalue weighted by Crippen LogP contribution is 2.48. The molecule has 56 heavy (non-hydrogen) atoms. The summed E-state index contributed by atoms with van der Waals surface area (Å²) in [6.07, 6.45) is 0. The number of hydrogen-bond acceptors (Lipinski definition) is 2. The fraction of sp³-hybridized carbons (Fsp3) is 0.321. The summed E-state index contributed by atoms with van der Waals surface area (Å²) in [6, 6.07) is 46.8. The molecule has 0 atom stereocenters. The maximum atomic E-state index is 7.70. The molecule has 0 aliphatic heterocycles. The Hall–Kier alpha value is -4.79. The van der Waals surface area contributed by atoms with Crippen molar-refractivity contribution < 1.29 is 0 Å². The van der Waals surface area contributed by atoms with Gasteiger partial charge in [0.25, 0.3) is 0 Å². The molecule has 0 saturated carbocycles. The van der Waals surface area contributed by atoms with E-state index in [1.807, 2.05) is 0 Å². The van der Waals surface area contributed by atoms with Crippen molar-refractivity contribution in [3.63, 3.8) is 0 Å². The van der Waals surface area contributed by atoms with Gasteiger partial charge in [-0.2, -0.15) is 0 Å². The molecule has 0 unspecified atom stereocenters. The van der Waals surface area contributed by atoms with Gasteiger partial charge in [0, 0.05) is 22.5 Å². The number of hydrogen-bond donors (Lipinski definition) is 1. The predicted molar refractivity (Wildman–Crippen MR) is 246 cm³/mol. The Morgan fingerprint density at radius 1 is 0.429 bits per heavy atom. The van der Waals surface area contributed by atoms with Gasteiger partial charge < -0.3 is 10.2 Å². The Morgan fingerprint density at radius 3 is 1.43 bits per heavy atom. The second-order valence-electron chi connectivity index (χ2n) is 19.6. The summed E-state index contributed by atoms with van der Waals surface area (Å²) in [5, 5.41) is 4.50. The van der Waals surface area contributed by atoms with Gasteiger partial charge in [-0.25, -0.2) is 0 Å². The minimum absolute atomic E-state index is 0.00514. The second-order valence-corrected chi connectivity index (χ2v) is 20.0. The molecule has 0 bridgehead atoms. The fourth-order valence-corrected chi connectivity index (χ4v) is 7.46. The van der Waals surface area contributed by atoms with Crippen molar-refractivity contribution in [3.05, 3.63) is 160 Å². The van der Waals surface area contributed by atoms with Crippen LogP contribution in [0.1, 0.15) is 111 Å². The average Bonchev–Trinajstić information content (AvgIpc) is 3.13. The highest BCUT2D eigenvalue weighted by Gasteiger charge is 2.26. The molecular weight excluding hydrogens is 700 g/mol. The van der Waals surface area contributed by atoms with Gasteiger partial charge in [-0.05, 0) is 116 Å². The van der Waals surface area contributed by atoms with Gasteiger partial charge in [0.05, 0.1) is 22.1 Å². The first-order valence-corrected chi connectivity index (χ1v) is 20.4. The minimum atomic E-state index is -0.0212. The molecule has 2 nitrogen and oxygen atoms in total. The predicted octanol–water partition coefficient (Wildman–Crippen LogP) is 16.4. The van der Waals surface area contributed by atoms with E-state index < -0.39 is 0 Å². The average molecular weight is 762 g/mol. The molecule has 0 aliphatic carbocycles. The summed E-state index contributed by atoms with van der Waals surface area (Å²) in [7, 11) is 0. The summed E-state index contributed by atoms with van der Waals surface area (Å²) in [5.74, 6) is 0. The number of nitrogens with zero attached hydrogens (tertiary/aromatic N) is 1. The minimum Gasteiger partial charge on any atom is -0.354 e. The third-order valence-corrected chi connectivity index (χ3v) is 11.2. The Bertz CT molecular complexity index is 2310. The van der Waals surface area contributed by atoms with E-state index in [1.54, 1.807) is 0 Å². The number of halogens is 1. The molecule has 0 amide bonds. The number of aryl methyl sites for hydroxylation is 1. The van der Waals surface area contributed by atoms with Crippen molar-refractivity contribution in [1.82, 2.24) is 0 Å². The van der Waals surface area contributed by atoms with E-state index in [1.165, 1.54) is 27.8 Å². The largest absolute Gasteiger partial charge is 0.354 e. The highest BCUT2D eigenvalue weighted by molar-refractivity contribution is 6.36. The van der Waals surface area contributed by atoms with Gasteiger partial charge >= 0.3 is 0 Å². The lowest BCUT2D eigenvalue weighted by molar-refractivity contribution is 0.590. The Balaban J connectivity index is 1.56. The lowest BCUT2D eigenvalue weighted by Gasteiger charge is -2.32. The molecule has 6 aromatic rings. The van der Waals surface area contributed by atoms with Crippen molar-refractivity contribution in [2.24, 2.45) is 0 Å². The van der Waals surface area contributed by atoms with Crippen LogP contribution in [0.4, 0.5) is 28.4 Å². The smallest absolute Gasteiger partial charge is 0.0881 e. The summed E-state index contributed by atoms with van der Waals surface area (Å²) < 4.78 is 0. The molecule has 0 fully saturated rings. The van der Waals surface area contributed by atoms with Crippen molar-refractivity contribution >= 4 is 40.0 Å². The van der Waals surface area contributed by atoms with Crippen LogP contribution in [0.3, 0.4) is 0 Å². The molecule has 0 aliphatic rings. The van der Waals surface area contributed by atoms with Gasteiger partial charge in [-0.1, -0.05) is 174 Å². The Labute approximate surface area is 343 Å². The van der Waals surface area contributed by atoms with Crippen molar-refractivity contribution in [3.8, 4) is 22.3 Å². The van der Waals surface area contributed by atoms with Crippen LogP contribution < -0.4 is 10.2 Å². The maximum Gasteiger partial charge on any atom is 0.0881 e. The molecule has 290 valence electrons. The third kappa shape index (κ3) is 8.92. The summed E-state index contributed by atoms with van der Waals surface area (Å²) >= 11 is 7.70. The zero-order chi connectivity index (χ0) is 40.8. The molecule has 1 N–H and O–H groups in total. The molecule has 6 aromatic carbocycles. The van der Waals surface area contributed by atoms with Crippen molar-refractivity contribution in [1.29, 1.82) is 0 Å². The van der Waals surface area contributed by atoms with Crippen LogP contribution >= 0.6 is 11.6 Å². The highest BCUT2D eigenvalue weighted by atomic mass is 35.5. The van der Waals surface area contributed by atoms with Gasteiger partial charge in [0.1, 0.15) is 0 Å². The molecule has 0 radical (unpaired) electrons. The number of benzene rings is 6. The SMILES string of the molecule is Cc1cc(Nc2ccc(C(C)(C)C)cc2-c2ccc(C(C)(C)C)cc2)c(Cl)c(N(c2ccc(C(C)(C)C)cc2)c2ccc(C(C)(C)C)cc2-c2ccccc2)c1. The fourth-order valence-electron chi connectivity index (χ4n) is 7.22. The van der Waals surface area contributed by atoms with Crippen LogP contribution in [0.2, 0.25) is 5.02 Å². The Morgan fingerprint density at radius 2 is 0.893 bits per heavy atom. The maximum absolute atomic E-state index is 7.70. The molecule has 0 spiro atoms. The number of anilines is 5. The normalized spacial score (nSPS) is 12.5. The lowest BCUT2D eigenvalue weighted by Crippen LogP contribution is -2.16. The number of nitrogens with one attached hydrogen (secondary N) is 1. The van der Waals surface area contributed by atoms with E-state index in [0.717, 1.165) is 50.7 Å². The molecule has 0 heterocycles. The first-order chi connectivity index (χ1) is 26.1. The van der Waals surface area contributed by atoms with Crippen molar-refractivity contribution in [2.45, 2.75) is 112 Å². The van der Waals surface area contributed by atoms with Crippen LogP contribution in [0, 0.1) is 6.92 Å². The first kappa shape index (κ1) is 40.9. The van der Waals surface area contributed by atoms with Crippen LogP contribution in [0.5, 0.6) is 0 Å². The van der Waals surface area contributed by atoms with E-state index in [0.29, 0.717) is 5.02 Å².